The predicted molar refractivity (Wildman–Crippen MR) is 555 cm³/mol. The smallest absolute Gasteiger partial charge is 0.222 e. The fourth-order valence-electron chi connectivity index (χ4n) is 11.7. The van der Waals surface area contributed by atoms with E-state index in [1.54, 1.807) is 7.11 Å². The lowest BCUT2D eigenvalue weighted by Crippen LogP contribution is -3.00. The van der Waals surface area contributed by atoms with Crippen LogP contribution in [0, 0.1) is 0 Å². The van der Waals surface area contributed by atoms with Crippen LogP contribution in [0.3, 0.4) is 0 Å². The largest absolute Gasteiger partial charge is 1.00 e. The van der Waals surface area contributed by atoms with Crippen molar-refractivity contribution in [1.29, 1.82) is 0 Å². The van der Waals surface area contributed by atoms with Crippen molar-refractivity contribution < 1.29 is 211 Å². The molecule has 1 aliphatic heterocycles. The van der Waals surface area contributed by atoms with Crippen LogP contribution < -0.4 is 12.4 Å². The van der Waals surface area contributed by atoms with E-state index in [0.29, 0.717) is 482 Å². The zero-order chi connectivity index (χ0) is 105. The van der Waals surface area contributed by atoms with Crippen LogP contribution >= 0.6 is 0 Å². The summed E-state index contributed by atoms with van der Waals surface area (Å²) in [7, 11) is 7.88. The molecule has 1 saturated heterocycles. The first-order valence-electron chi connectivity index (χ1n) is 55.1. The molecule has 42 nitrogen and oxygen atoms in total. The molecule has 1 fully saturated rings. The highest BCUT2D eigenvalue weighted by Gasteiger charge is 2.22. The Bertz CT molecular complexity index is 2120. The maximum Gasteiger partial charge on any atom is 0.222 e. The number of methoxy groups -OCH3 is 1. The molecule has 43 heteroatoms. The second kappa shape index (κ2) is 139. The first kappa shape index (κ1) is 148. The van der Waals surface area contributed by atoms with E-state index in [-0.39, 0.29) is 18.5 Å². The van der Waals surface area contributed by atoms with Crippen molar-refractivity contribution in [3.63, 3.8) is 0 Å². The maximum absolute atomic E-state index is 5.73. The average Bonchev–Trinajstić information content (AvgIpc) is 1.81. The number of nitrogens with zero attached hydrogens (tertiary/aromatic N) is 1. The van der Waals surface area contributed by atoms with Crippen molar-refractivity contribution in [2.75, 3.05) is 550 Å². The minimum atomic E-state index is 0. The van der Waals surface area contributed by atoms with Gasteiger partial charge in [0, 0.05) is 258 Å². The van der Waals surface area contributed by atoms with E-state index in [2.05, 4.69) is 27.7 Å². The number of halogens is 1. The molecule has 0 aliphatic carbocycles. The summed E-state index contributed by atoms with van der Waals surface area (Å²) in [5, 5.41) is 0. The Hall–Kier alpha value is -1.81. The topological polar surface area (TPSA) is 382 Å². The van der Waals surface area contributed by atoms with Crippen LogP contribution in [0.15, 0.2) is 12.8 Å². The third-order valence-corrected chi connectivity index (χ3v) is 19.4. The number of rotatable bonds is 138. The quantitative estimate of drug-likeness (QED) is 0.0225. The Balaban J connectivity index is 0. The summed E-state index contributed by atoms with van der Waals surface area (Å²) < 4.78 is 229. The van der Waals surface area contributed by atoms with Crippen LogP contribution in [-0.4, -0.2) is 561 Å². The summed E-state index contributed by atoms with van der Waals surface area (Å²) in [4.78, 5) is 0. The summed E-state index contributed by atoms with van der Waals surface area (Å²) in [6.45, 7) is 50.9. The fraction of sp³-hybridized carbons (Fsp3) is 0.981. The number of hydrogen-bond acceptors (Lipinski definition) is 41. The van der Waals surface area contributed by atoms with Crippen molar-refractivity contribution in [2.24, 2.45) is 0 Å². The molecular weight excluding hydrogens is 1970 g/mol. The molecule has 1 unspecified atom stereocenters. The Morgan fingerprint density at radius 1 is 0.169 bits per heavy atom. The Labute approximate surface area is 898 Å². The Morgan fingerprint density at radius 2 is 0.264 bits per heavy atom. The van der Waals surface area contributed by atoms with Gasteiger partial charge in [-0.2, -0.15) is 0 Å². The molecule has 0 aromatic heterocycles. The first-order valence-corrected chi connectivity index (χ1v) is 55.1. The third kappa shape index (κ3) is 146. The van der Waals surface area contributed by atoms with Gasteiger partial charge in [-0.3, -0.25) is 4.48 Å². The third-order valence-electron chi connectivity index (χ3n) is 19.4. The van der Waals surface area contributed by atoms with Crippen LogP contribution in [0.25, 0.3) is 0 Å². The van der Waals surface area contributed by atoms with E-state index in [4.69, 9.17) is 194 Å². The molecule has 1 heterocycles. The number of hydrogen-bond donors (Lipinski definition) is 0. The maximum atomic E-state index is 5.73. The minimum absolute atomic E-state index is 0. The van der Waals surface area contributed by atoms with Gasteiger partial charge < -0.3 is 207 Å². The molecule has 890 valence electrons. The van der Waals surface area contributed by atoms with Crippen molar-refractivity contribution in [3.8, 4) is 0 Å². The van der Waals surface area contributed by atoms with Crippen LogP contribution in [0.5, 0.6) is 0 Å². The van der Waals surface area contributed by atoms with E-state index in [9.17, 15) is 0 Å². The second-order valence-electron chi connectivity index (χ2n) is 34.2. The minimum Gasteiger partial charge on any atom is -1.00 e. The predicted octanol–water partition coefficient (Wildman–Crippen LogP) is 5.89. The summed E-state index contributed by atoms with van der Waals surface area (Å²) in [5.41, 5.74) is 0. The van der Waals surface area contributed by atoms with Crippen molar-refractivity contribution in [2.45, 2.75) is 128 Å². The zero-order valence-electron chi connectivity index (χ0n) is 92.7. The van der Waals surface area contributed by atoms with E-state index in [1.807, 2.05) is 0 Å². The second-order valence-corrected chi connectivity index (χ2v) is 34.2. The molecule has 0 radical (unpaired) electrons. The summed E-state index contributed by atoms with van der Waals surface area (Å²) in [5.74, 6) is 0. The van der Waals surface area contributed by atoms with E-state index >= 15 is 0 Å². The van der Waals surface area contributed by atoms with Gasteiger partial charge in [-0.25, -0.2) is 0 Å². The van der Waals surface area contributed by atoms with Gasteiger partial charge in [0.2, 0.25) is 6.73 Å². The number of quaternary nitrogens is 1. The lowest BCUT2D eigenvalue weighted by Gasteiger charge is -2.21. The SMILES string of the molecule is C=COC[N+](C)(C)C.COCCCOCCCOCCCOCCCOCCCOCCCOCCCOCCCOCCCOCCCOCCCOCCCOCCCOCCCOCCCOCCCOCCCOCCCOCCCOCCOCCOCCOCCOCCOCCOCCOCCOCCOCCOCCOCCOCCOCCOCCOCCOCCOCCOCCOCC1CO1.[Cl-]. The standard InChI is InChI=1S/C99H198O40.C6H14NO.ClH/c1-100-21-2-22-101-23-3-24-102-25-4-26-103-27-5-28-104-29-6-30-105-31-7-32-106-33-8-34-107-35-9-36-108-37-10-38-109-39-11-40-110-41-12-42-111-43-13-44-112-45-14-46-113-47-15-48-114-49-16-50-115-51-17-52-116-53-18-54-117-55-19-56-118-57-20-58-119-59-60-120-61-62-121-63-64-122-65-66-123-67-68-124-69-70-125-71-72-126-73-74-127-75-76-128-77-78-129-79-80-130-81-82-131-83-84-132-85-86-133-87-88-134-89-90-135-91-92-136-93-94-137-95-96-138-97-99-98-139-99;1-5-8-6-7(2,3)4;/h99H,2-98H2,1H3;5H,1,6H2,2-4H3;1H/q;+1;/p-1. The molecule has 0 aromatic carbocycles. The van der Waals surface area contributed by atoms with Gasteiger partial charge in [-0.15, -0.1) is 0 Å². The van der Waals surface area contributed by atoms with Crippen LogP contribution in [-0.2, 0) is 194 Å². The van der Waals surface area contributed by atoms with Gasteiger partial charge in [0.15, 0.2) is 0 Å². The lowest BCUT2D eigenvalue weighted by molar-refractivity contribution is -0.888. The zero-order valence-corrected chi connectivity index (χ0v) is 93.5. The lowest BCUT2D eigenvalue weighted by atomic mass is 10.4. The monoisotopic (exact) mass is 2180 g/mol. The molecule has 0 N–H and O–H groups in total. The van der Waals surface area contributed by atoms with Gasteiger partial charge in [0.25, 0.3) is 0 Å². The van der Waals surface area contributed by atoms with Crippen molar-refractivity contribution >= 4 is 0 Å². The van der Waals surface area contributed by atoms with E-state index < -0.39 is 0 Å². The Kier molecular flexibility index (Phi) is 140. The van der Waals surface area contributed by atoms with Crippen LogP contribution in [0.4, 0.5) is 0 Å². The molecule has 148 heavy (non-hydrogen) atoms. The summed E-state index contributed by atoms with van der Waals surface area (Å²) in [6.07, 6.45) is 18.5. The summed E-state index contributed by atoms with van der Waals surface area (Å²) >= 11 is 0. The normalized spacial score (nSPS) is 12.6. The van der Waals surface area contributed by atoms with Crippen molar-refractivity contribution in [1.82, 2.24) is 0 Å². The molecule has 0 spiro atoms. The molecule has 1 aliphatic rings. The highest BCUT2D eigenvalue weighted by molar-refractivity contribution is 4.67. The molecule has 0 saturated carbocycles. The van der Waals surface area contributed by atoms with Gasteiger partial charge in [-0.1, -0.05) is 6.58 Å². The molecular formula is C105H212ClNO41. The molecule has 1 atom stereocenters. The molecule has 0 aromatic rings. The van der Waals surface area contributed by atoms with Gasteiger partial charge in [0.1, 0.15) is 6.10 Å². The summed E-state index contributed by atoms with van der Waals surface area (Å²) in [6, 6.07) is 0. The fourth-order valence-corrected chi connectivity index (χ4v) is 11.7. The first-order chi connectivity index (χ1) is 73.0. The number of ether oxygens (including phenoxy) is 41. The average molecular weight is 2180 g/mol. The van der Waals surface area contributed by atoms with Gasteiger partial charge in [0.05, 0.1) is 292 Å². The van der Waals surface area contributed by atoms with Gasteiger partial charge >= 0.3 is 0 Å². The highest BCUT2D eigenvalue weighted by atomic mass is 35.5. The van der Waals surface area contributed by atoms with E-state index in [1.165, 1.54) is 6.26 Å². The Morgan fingerprint density at radius 3 is 0.351 bits per heavy atom. The number of epoxide rings is 1. The van der Waals surface area contributed by atoms with Gasteiger partial charge in [-0.05, 0) is 122 Å². The molecule has 1 rings (SSSR count). The van der Waals surface area contributed by atoms with E-state index in [0.717, 1.165) is 166 Å². The highest BCUT2D eigenvalue weighted by Crippen LogP contribution is 2.09. The molecule has 0 bridgehead atoms. The van der Waals surface area contributed by atoms with Crippen LogP contribution in [0.1, 0.15) is 122 Å². The van der Waals surface area contributed by atoms with Crippen LogP contribution in [0.2, 0.25) is 0 Å². The van der Waals surface area contributed by atoms with Crippen molar-refractivity contribution in [3.05, 3.63) is 12.8 Å². The molecule has 0 amide bonds.